The third-order valence-electron chi connectivity index (χ3n) is 2.60. The molecule has 2 heterocycles. The zero-order valence-corrected chi connectivity index (χ0v) is 9.03. The number of aromatic amines is 1. The summed E-state index contributed by atoms with van der Waals surface area (Å²) in [5.74, 6) is -1.40. The average Bonchev–Trinajstić information content (AvgIpc) is 2.69. The Morgan fingerprint density at radius 2 is 2.25 bits per heavy atom. The molecule has 1 aliphatic heterocycles. The average molecular weight is 246 g/mol. The molecule has 1 aromatic heterocycles. The lowest BCUT2D eigenvalue weighted by molar-refractivity contribution is 0.0695. The third-order valence-corrected chi connectivity index (χ3v) is 4.35. The lowest BCUT2D eigenvalue weighted by Gasteiger charge is -2.07. The van der Waals surface area contributed by atoms with Gasteiger partial charge < -0.3 is 10.2 Å². The van der Waals surface area contributed by atoms with Crippen molar-refractivity contribution in [3.8, 4) is 0 Å². The van der Waals surface area contributed by atoms with Gasteiger partial charge in [-0.15, -0.1) is 0 Å². The van der Waals surface area contributed by atoms with Crippen molar-refractivity contribution in [1.29, 1.82) is 0 Å². The summed E-state index contributed by atoms with van der Waals surface area (Å²) in [6.07, 6.45) is 1.41. The van der Waals surface area contributed by atoms with Crippen LogP contribution in [-0.4, -0.2) is 40.8 Å². The van der Waals surface area contributed by atoms with Gasteiger partial charge in [0.05, 0.1) is 17.5 Å². The van der Waals surface area contributed by atoms with Crippen LogP contribution in [0, 0.1) is 0 Å². The molecule has 8 heteroatoms. The summed E-state index contributed by atoms with van der Waals surface area (Å²) in [6, 6.07) is -0.481. The quantitative estimate of drug-likeness (QED) is 0.712. The highest BCUT2D eigenvalue weighted by Crippen LogP contribution is 2.21. The van der Waals surface area contributed by atoms with Gasteiger partial charge in [-0.25, -0.2) is 17.9 Å². The molecule has 0 bridgehead atoms. The zero-order valence-electron chi connectivity index (χ0n) is 8.21. The molecule has 0 spiro atoms. The normalized spacial score (nSPS) is 23.4. The molecule has 2 N–H and O–H groups in total. The molecule has 0 radical (unpaired) electrons. The van der Waals surface area contributed by atoms with Crippen LogP contribution in [0.3, 0.4) is 0 Å². The third kappa shape index (κ3) is 1.75. The Hall–Kier alpha value is -1.57. The van der Waals surface area contributed by atoms with Gasteiger partial charge in [-0.2, -0.15) is 0 Å². The van der Waals surface area contributed by atoms with Gasteiger partial charge in [0.2, 0.25) is 0 Å². The lowest BCUT2D eigenvalue weighted by atomic mass is 10.3. The molecule has 1 saturated heterocycles. The molecule has 0 aromatic carbocycles. The molecule has 2 rings (SSSR count). The summed E-state index contributed by atoms with van der Waals surface area (Å²) in [5, 5.41) is 11.2. The summed E-state index contributed by atoms with van der Waals surface area (Å²) < 4.78 is 23.5. The lowest BCUT2D eigenvalue weighted by Crippen LogP contribution is -2.26. The molecule has 7 nitrogen and oxygen atoms in total. The zero-order chi connectivity index (χ0) is 11.9. The second-order valence-electron chi connectivity index (χ2n) is 3.72. The number of rotatable bonds is 2. The monoisotopic (exact) mass is 246 g/mol. The van der Waals surface area contributed by atoms with Crippen LogP contribution in [0.2, 0.25) is 0 Å². The van der Waals surface area contributed by atoms with Gasteiger partial charge in [-0.1, -0.05) is 0 Å². The molecule has 1 unspecified atom stereocenters. The van der Waals surface area contributed by atoms with Crippen LogP contribution in [0.1, 0.15) is 22.8 Å². The van der Waals surface area contributed by atoms with E-state index in [-0.39, 0.29) is 17.1 Å². The van der Waals surface area contributed by atoms with E-state index < -0.39 is 27.4 Å². The van der Waals surface area contributed by atoms with E-state index in [1.54, 1.807) is 0 Å². The number of H-pyrrole nitrogens is 1. The number of sulfone groups is 1. The number of nitrogens with zero attached hydrogens (tertiary/aromatic N) is 1. The maximum atomic E-state index is 11.6. The first-order chi connectivity index (χ1) is 7.41. The van der Waals surface area contributed by atoms with Crippen LogP contribution < -0.4 is 5.56 Å². The van der Waals surface area contributed by atoms with Gasteiger partial charge in [-0.3, -0.25) is 4.79 Å². The van der Waals surface area contributed by atoms with Crippen molar-refractivity contribution >= 4 is 15.8 Å². The minimum Gasteiger partial charge on any atom is -0.477 e. The van der Waals surface area contributed by atoms with E-state index in [2.05, 4.69) is 5.10 Å². The Balaban J connectivity index is 2.37. The van der Waals surface area contributed by atoms with Crippen LogP contribution in [0.25, 0.3) is 0 Å². The predicted molar refractivity (Wildman–Crippen MR) is 54.3 cm³/mol. The van der Waals surface area contributed by atoms with Crippen molar-refractivity contribution in [2.75, 3.05) is 11.5 Å². The topological polar surface area (TPSA) is 109 Å². The number of carbonyl (C=O) groups is 1. The maximum Gasteiger partial charge on any atom is 0.342 e. The molecule has 0 saturated carbocycles. The van der Waals surface area contributed by atoms with Crippen molar-refractivity contribution in [2.45, 2.75) is 12.5 Å². The van der Waals surface area contributed by atoms with Crippen molar-refractivity contribution in [3.05, 3.63) is 22.1 Å². The van der Waals surface area contributed by atoms with Crippen molar-refractivity contribution in [1.82, 2.24) is 9.78 Å². The molecule has 1 atom stereocenters. The Bertz CT molecular complexity index is 582. The van der Waals surface area contributed by atoms with Crippen LogP contribution >= 0.6 is 0 Å². The molecule has 1 aliphatic rings. The minimum atomic E-state index is -3.10. The van der Waals surface area contributed by atoms with Crippen LogP contribution in [0.5, 0.6) is 0 Å². The summed E-state index contributed by atoms with van der Waals surface area (Å²) in [7, 11) is -3.10. The maximum absolute atomic E-state index is 11.6. The van der Waals surface area contributed by atoms with Gasteiger partial charge in [0, 0.05) is 6.20 Å². The second-order valence-corrected chi connectivity index (χ2v) is 5.95. The number of hydrogen-bond donors (Lipinski definition) is 2. The summed E-state index contributed by atoms with van der Waals surface area (Å²) in [6.45, 7) is 0. The molecule has 1 fully saturated rings. The van der Waals surface area contributed by atoms with E-state index in [0.717, 1.165) is 10.9 Å². The van der Waals surface area contributed by atoms with Crippen molar-refractivity contribution in [2.24, 2.45) is 0 Å². The largest absolute Gasteiger partial charge is 0.477 e. The highest BCUT2D eigenvalue weighted by Gasteiger charge is 2.31. The van der Waals surface area contributed by atoms with Crippen LogP contribution in [0.4, 0.5) is 0 Å². The number of carboxylic acids is 1. The highest BCUT2D eigenvalue weighted by atomic mass is 32.2. The predicted octanol–water partition coefficient (Wildman–Crippen LogP) is -0.766. The Morgan fingerprint density at radius 1 is 1.56 bits per heavy atom. The van der Waals surface area contributed by atoms with Gasteiger partial charge in [-0.05, 0) is 6.42 Å². The molecule has 88 valence electrons. The molecule has 0 aliphatic carbocycles. The fourth-order valence-corrected chi connectivity index (χ4v) is 3.49. The number of nitrogens with one attached hydrogen (secondary N) is 1. The van der Waals surface area contributed by atoms with E-state index in [1.165, 1.54) is 0 Å². The SMILES string of the molecule is O=C(O)c1c[nH]n(C2CCS(=O)(=O)C2)c1=O. The number of aromatic nitrogens is 2. The molecule has 16 heavy (non-hydrogen) atoms. The smallest absolute Gasteiger partial charge is 0.342 e. The van der Waals surface area contributed by atoms with Gasteiger partial charge >= 0.3 is 5.97 Å². The van der Waals surface area contributed by atoms with E-state index in [1.807, 2.05) is 0 Å². The Kier molecular flexibility index (Phi) is 2.38. The molecule has 0 amide bonds. The van der Waals surface area contributed by atoms with E-state index >= 15 is 0 Å². The highest BCUT2D eigenvalue weighted by molar-refractivity contribution is 7.91. The van der Waals surface area contributed by atoms with E-state index in [0.29, 0.717) is 6.42 Å². The first-order valence-electron chi connectivity index (χ1n) is 4.64. The van der Waals surface area contributed by atoms with Crippen molar-refractivity contribution < 1.29 is 18.3 Å². The van der Waals surface area contributed by atoms with Gasteiger partial charge in [0.1, 0.15) is 5.56 Å². The van der Waals surface area contributed by atoms with Gasteiger partial charge in [0.15, 0.2) is 9.84 Å². The number of aromatic carboxylic acids is 1. The summed E-state index contributed by atoms with van der Waals surface area (Å²) in [5.41, 5.74) is -1.06. The van der Waals surface area contributed by atoms with Crippen LogP contribution in [0.15, 0.2) is 11.0 Å². The molecular formula is C8H10N2O5S. The summed E-state index contributed by atoms with van der Waals surface area (Å²) in [4.78, 5) is 22.2. The fraction of sp³-hybridized carbons (Fsp3) is 0.500. The van der Waals surface area contributed by atoms with Crippen molar-refractivity contribution in [3.63, 3.8) is 0 Å². The van der Waals surface area contributed by atoms with E-state index in [4.69, 9.17) is 5.11 Å². The van der Waals surface area contributed by atoms with Crippen LogP contribution in [-0.2, 0) is 9.84 Å². The second kappa shape index (κ2) is 3.48. The number of hydrogen-bond acceptors (Lipinski definition) is 4. The summed E-state index contributed by atoms with van der Waals surface area (Å²) >= 11 is 0. The standard InChI is InChI=1S/C8H10N2O5S/c11-7-6(8(12)13)3-9-10(7)5-1-2-16(14,15)4-5/h3,5,9H,1-2,4H2,(H,12,13). The first kappa shape index (κ1) is 10.9. The fourth-order valence-electron chi connectivity index (χ4n) is 1.79. The molecular weight excluding hydrogens is 236 g/mol. The number of carboxylic acid groups (broad SMARTS) is 1. The van der Waals surface area contributed by atoms with Gasteiger partial charge in [0.25, 0.3) is 5.56 Å². The Labute approximate surface area is 90.6 Å². The van der Waals surface area contributed by atoms with E-state index in [9.17, 15) is 18.0 Å². The first-order valence-corrected chi connectivity index (χ1v) is 6.46. The Morgan fingerprint density at radius 3 is 2.69 bits per heavy atom. The minimum absolute atomic E-state index is 0.0333. The molecule has 1 aromatic rings.